The van der Waals surface area contributed by atoms with Crippen LogP contribution in [0, 0.1) is 0 Å². The highest BCUT2D eigenvalue weighted by molar-refractivity contribution is 7.37. The predicted molar refractivity (Wildman–Crippen MR) is 192 cm³/mol. The molecule has 0 aliphatic carbocycles. The third kappa shape index (κ3) is 32.1. The van der Waals surface area contributed by atoms with E-state index in [2.05, 4.69) is 13.8 Å². The van der Waals surface area contributed by atoms with Crippen molar-refractivity contribution in [1.29, 1.82) is 0 Å². The topological polar surface area (TPSA) is 110 Å². The van der Waals surface area contributed by atoms with Gasteiger partial charge in [-0.1, -0.05) is 183 Å². The van der Waals surface area contributed by atoms with Crippen LogP contribution in [0.3, 0.4) is 0 Å². The van der Waals surface area contributed by atoms with Gasteiger partial charge in [-0.15, -0.1) is 0 Å². The molecule has 0 heterocycles. The Morgan fingerprint density at radius 2 is 0.957 bits per heavy atom. The van der Waals surface area contributed by atoms with Crippen LogP contribution in [0.5, 0.6) is 0 Å². The Hall–Kier alpha value is -0.450. The highest BCUT2D eigenvalue weighted by Crippen LogP contribution is 2.22. The Labute approximate surface area is 286 Å². The summed E-state index contributed by atoms with van der Waals surface area (Å²) in [7, 11) is -5.43. The molecule has 0 aromatic carbocycles. The van der Waals surface area contributed by atoms with E-state index in [0.29, 0.717) is 13.0 Å². The lowest BCUT2D eigenvalue weighted by Gasteiger charge is -2.23. The molecule has 46 heavy (non-hydrogen) atoms. The van der Waals surface area contributed by atoms with Gasteiger partial charge in [-0.05, 0) is 12.8 Å². The van der Waals surface area contributed by atoms with Crippen LogP contribution in [-0.2, 0) is 18.7 Å². The fraction of sp³-hybridized carbons (Fsp3) is 0.973. The number of nitrogens with zero attached hydrogens (tertiary/aromatic N) is 1. The lowest BCUT2D eigenvalue weighted by atomic mass is 10.0. The summed E-state index contributed by atoms with van der Waals surface area (Å²) in [4.78, 5) is 37.6. The van der Waals surface area contributed by atoms with Crippen molar-refractivity contribution in [3.8, 4) is 0 Å². The molecule has 0 saturated carbocycles. The quantitative estimate of drug-likeness (QED) is 0.0474. The van der Waals surface area contributed by atoms with Crippen LogP contribution in [0.4, 0.5) is 0 Å². The van der Waals surface area contributed by atoms with Crippen molar-refractivity contribution in [2.45, 2.75) is 199 Å². The molecule has 9 heteroatoms. The summed E-state index contributed by atoms with van der Waals surface area (Å²) in [5.41, 5.74) is -0.818. The van der Waals surface area contributed by atoms with Crippen LogP contribution in [0.1, 0.15) is 194 Å². The first-order valence-corrected chi connectivity index (χ1v) is 22.1. The van der Waals surface area contributed by atoms with Crippen LogP contribution < -0.4 is 9.79 Å². The lowest BCUT2D eigenvalue weighted by Crippen LogP contribution is -2.40. The molecule has 272 valence electrons. The first-order valence-electron chi connectivity index (χ1n) is 19.5. The van der Waals surface area contributed by atoms with E-state index in [0.717, 1.165) is 32.1 Å². The first kappa shape index (κ1) is 45.6. The molecule has 0 N–H and O–H groups in total. The maximum absolute atomic E-state index is 12.9. The molecule has 7 nitrogen and oxygen atoms in total. The van der Waals surface area contributed by atoms with E-state index < -0.39 is 21.7 Å². The summed E-state index contributed by atoms with van der Waals surface area (Å²) in [6.45, 7) is 5.10. The van der Waals surface area contributed by atoms with Crippen LogP contribution in [0.25, 0.3) is 0 Å². The van der Waals surface area contributed by atoms with Crippen molar-refractivity contribution >= 4 is 22.0 Å². The van der Waals surface area contributed by atoms with Crippen LogP contribution in [0.15, 0.2) is 0 Å². The predicted octanol–water partition coefficient (Wildman–Crippen LogP) is 10.4. The smallest absolute Gasteiger partial charge is 0.316 e. The van der Waals surface area contributed by atoms with E-state index in [4.69, 9.17) is 4.74 Å². The number of amides is 1. The van der Waals surface area contributed by atoms with Gasteiger partial charge >= 0.3 is 16.1 Å². The zero-order valence-electron chi connectivity index (χ0n) is 30.2. The first-order chi connectivity index (χ1) is 22.4. The van der Waals surface area contributed by atoms with Gasteiger partial charge in [0, 0.05) is 13.0 Å². The summed E-state index contributed by atoms with van der Waals surface area (Å²) in [5.74, 6) is -0.159. The van der Waals surface area contributed by atoms with Gasteiger partial charge in [0.15, 0.2) is 11.8 Å². The molecule has 0 aliphatic rings. The largest absolute Gasteiger partial charge is 0.596 e. The Balaban J connectivity index is 4.07. The molecule has 0 bridgehead atoms. The summed E-state index contributed by atoms with van der Waals surface area (Å²) in [5, 5.41) is 0. The van der Waals surface area contributed by atoms with Crippen molar-refractivity contribution < 1.29 is 28.4 Å². The Morgan fingerprint density at radius 1 is 0.587 bits per heavy atom. The standard InChI is InChI=1S/C37H73NO6P2/c1-3-5-7-9-11-13-15-17-19-21-23-25-27-29-32-44-35-36(46(42)43)34-38(31-33-45(40)41)37(39)30-28-26-24-22-20-18-16-14-12-10-8-6-4-2/h36H,3-35H2,1-2H3. The Bertz CT molecular complexity index is 711. The van der Waals surface area contributed by atoms with Crippen LogP contribution in [-0.4, -0.2) is 48.9 Å². The molecule has 3 unspecified atom stereocenters. The highest BCUT2D eigenvalue weighted by Gasteiger charge is 2.28. The maximum Gasteiger partial charge on any atom is 0.316 e. The van der Waals surface area contributed by atoms with Crippen molar-refractivity contribution in [2.24, 2.45) is 0 Å². The van der Waals surface area contributed by atoms with Gasteiger partial charge < -0.3 is 19.4 Å². The molecule has 0 aromatic rings. The Morgan fingerprint density at radius 3 is 1.33 bits per heavy atom. The van der Waals surface area contributed by atoms with Gasteiger partial charge in [-0.25, -0.2) is 0 Å². The van der Waals surface area contributed by atoms with Crippen molar-refractivity contribution in [3.63, 3.8) is 0 Å². The molecule has 1 amide bonds. The highest BCUT2D eigenvalue weighted by atomic mass is 31.1. The molecule has 0 aromatic heterocycles. The minimum atomic E-state index is -2.79. The van der Waals surface area contributed by atoms with Gasteiger partial charge in [-0.2, -0.15) is 0 Å². The second-order valence-electron chi connectivity index (χ2n) is 13.5. The summed E-state index contributed by atoms with van der Waals surface area (Å²) in [6.07, 6.45) is 34.0. The van der Waals surface area contributed by atoms with E-state index in [1.807, 2.05) is 0 Å². The monoisotopic (exact) mass is 689 g/mol. The fourth-order valence-corrected chi connectivity index (χ4v) is 6.99. The second kappa shape index (κ2) is 35.8. The van der Waals surface area contributed by atoms with Crippen LogP contribution >= 0.6 is 16.1 Å². The number of unbranched alkanes of at least 4 members (excludes halogenated alkanes) is 25. The van der Waals surface area contributed by atoms with Crippen molar-refractivity contribution in [2.75, 3.05) is 32.5 Å². The fourth-order valence-electron chi connectivity index (χ4n) is 6.02. The van der Waals surface area contributed by atoms with E-state index >= 15 is 0 Å². The minimum absolute atomic E-state index is 0.00209. The number of ether oxygens (including phenoxy) is 1. The van der Waals surface area contributed by atoms with E-state index in [9.17, 15) is 23.7 Å². The molecule has 0 rings (SSSR count). The van der Waals surface area contributed by atoms with E-state index in [-0.39, 0.29) is 31.8 Å². The van der Waals surface area contributed by atoms with Gasteiger partial charge in [-0.3, -0.25) is 4.79 Å². The summed E-state index contributed by atoms with van der Waals surface area (Å²) >= 11 is 0. The number of carbonyl (C=O) groups excluding carboxylic acids is 1. The molecule has 0 spiro atoms. The molecule has 0 radical (unpaired) electrons. The molecule has 0 fully saturated rings. The maximum atomic E-state index is 12.9. The molecule has 0 saturated heterocycles. The number of carbonyl (C=O) groups is 1. The average Bonchev–Trinajstić information content (AvgIpc) is 3.03. The van der Waals surface area contributed by atoms with Gasteiger partial charge in [0.05, 0.1) is 19.7 Å². The zero-order chi connectivity index (χ0) is 33.9. The minimum Gasteiger partial charge on any atom is -0.596 e. The number of rotatable bonds is 37. The number of hydrogen-bond donors (Lipinski definition) is 0. The van der Waals surface area contributed by atoms with E-state index in [1.54, 1.807) is 0 Å². The van der Waals surface area contributed by atoms with Crippen LogP contribution in [0.2, 0.25) is 0 Å². The average molecular weight is 690 g/mol. The third-order valence-electron chi connectivity index (χ3n) is 9.08. The van der Waals surface area contributed by atoms with E-state index in [1.165, 1.54) is 146 Å². The second-order valence-corrected chi connectivity index (χ2v) is 15.9. The van der Waals surface area contributed by atoms with Crippen molar-refractivity contribution in [1.82, 2.24) is 4.90 Å². The molecular formula is C37H73NO6P2. The molecular weight excluding hydrogens is 616 g/mol. The van der Waals surface area contributed by atoms with Gasteiger partial charge in [0.2, 0.25) is 5.91 Å². The van der Waals surface area contributed by atoms with Gasteiger partial charge in [0.1, 0.15) is 0 Å². The zero-order valence-corrected chi connectivity index (χ0v) is 32.0. The van der Waals surface area contributed by atoms with Crippen molar-refractivity contribution in [3.05, 3.63) is 0 Å². The third-order valence-corrected chi connectivity index (χ3v) is 10.6. The lowest BCUT2D eigenvalue weighted by molar-refractivity contribution is -0.167. The SMILES string of the molecule is CCCCCCCCCCCCCCCCOCC(CN(CC[P+](=O)[O-])C(=O)CCCCCCCCCCCCCCC)[P+](=O)[O-]. The normalized spacial score (nSPS) is 12.8. The van der Waals surface area contributed by atoms with Gasteiger partial charge in [0.25, 0.3) is 0 Å². The molecule has 3 atom stereocenters. The summed E-state index contributed by atoms with van der Waals surface area (Å²) in [6, 6.07) is 0. The molecule has 0 aliphatic heterocycles. The Kier molecular flexibility index (Phi) is 35.5. The number of hydrogen-bond acceptors (Lipinski definition) is 6. The summed E-state index contributed by atoms with van der Waals surface area (Å²) < 4.78 is 28.9.